The minimum Gasteiger partial charge on any atom is -0.489 e. The number of anilines is 1. The number of hydrogen-bond acceptors (Lipinski definition) is 2. The van der Waals surface area contributed by atoms with Crippen LogP contribution in [-0.4, -0.2) is 5.91 Å². The largest absolute Gasteiger partial charge is 0.489 e. The number of halogens is 2. The molecule has 0 heterocycles. The minimum atomic E-state index is -0.199. The predicted molar refractivity (Wildman–Crippen MR) is 104 cm³/mol. The normalized spacial score (nSPS) is 10.3. The SMILES string of the molecule is O=C(Nc1ccccc1Br)c1cccc(OCc2ccccc2Cl)c1. The van der Waals surface area contributed by atoms with Gasteiger partial charge in [0.2, 0.25) is 0 Å². The van der Waals surface area contributed by atoms with Gasteiger partial charge in [0.15, 0.2) is 0 Å². The number of carbonyl (C=O) groups excluding carboxylic acids is 1. The van der Waals surface area contributed by atoms with Gasteiger partial charge in [-0.1, -0.05) is 48.0 Å². The molecule has 0 aliphatic carbocycles. The van der Waals surface area contributed by atoms with E-state index in [2.05, 4.69) is 21.2 Å². The smallest absolute Gasteiger partial charge is 0.255 e. The highest BCUT2D eigenvalue weighted by molar-refractivity contribution is 9.10. The molecule has 0 bridgehead atoms. The first-order valence-corrected chi connectivity index (χ1v) is 8.83. The van der Waals surface area contributed by atoms with Gasteiger partial charge < -0.3 is 10.1 Å². The summed E-state index contributed by atoms with van der Waals surface area (Å²) in [7, 11) is 0. The Labute approximate surface area is 159 Å². The second kappa shape index (κ2) is 8.19. The molecule has 126 valence electrons. The number of ether oxygens (including phenoxy) is 1. The summed E-state index contributed by atoms with van der Waals surface area (Å²) in [5.41, 5.74) is 2.13. The third-order valence-corrected chi connectivity index (χ3v) is 4.63. The summed E-state index contributed by atoms with van der Waals surface area (Å²) in [6.07, 6.45) is 0. The van der Waals surface area contributed by atoms with E-state index < -0.39 is 0 Å². The van der Waals surface area contributed by atoms with Gasteiger partial charge >= 0.3 is 0 Å². The summed E-state index contributed by atoms with van der Waals surface area (Å²) >= 11 is 9.55. The van der Waals surface area contributed by atoms with Crippen LogP contribution < -0.4 is 10.1 Å². The lowest BCUT2D eigenvalue weighted by Crippen LogP contribution is -2.12. The fourth-order valence-corrected chi connectivity index (χ4v) is 2.83. The highest BCUT2D eigenvalue weighted by Gasteiger charge is 2.09. The molecule has 25 heavy (non-hydrogen) atoms. The number of benzene rings is 3. The topological polar surface area (TPSA) is 38.3 Å². The van der Waals surface area contributed by atoms with Crippen molar-refractivity contribution < 1.29 is 9.53 Å². The van der Waals surface area contributed by atoms with Gasteiger partial charge in [0.05, 0.1) is 5.69 Å². The maximum absolute atomic E-state index is 12.4. The third-order valence-electron chi connectivity index (χ3n) is 3.57. The molecule has 0 aliphatic rings. The van der Waals surface area contributed by atoms with Crippen LogP contribution in [0.5, 0.6) is 5.75 Å². The highest BCUT2D eigenvalue weighted by Crippen LogP contribution is 2.23. The number of nitrogens with one attached hydrogen (secondary N) is 1. The Hall–Kier alpha value is -2.30. The molecule has 0 atom stereocenters. The van der Waals surface area contributed by atoms with Gasteiger partial charge in [0.25, 0.3) is 5.91 Å². The molecule has 0 aromatic heterocycles. The molecule has 0 radical (unpaired) electrons. The number of carbonyl (C=O) groups is 1. The predicted octanol–water partition coefficient (Wildman–Crippen LogP) is 5.93. The van der Waals surface area contributed by atoms with Crippen molar-refractivity contribution in [3.63, 3.8) is 0 Å². The van der Waals surface area contributed by atoms with Crippen LogP contribution in [0.3, 0.4) is 0 Å². The zero-order chi connectivity index (χ0) is 17.6. The molecule has 3 aromatic carbocycles. The van der Waals surface area contributed by atoms with Gasteiger partial charge in [-0.15, -0.1) is 0 Å². The van der Waals surface area contributed by atoms with Gasteiger partial charge in [-0.2, -0.15) is 0 Å². The van der Waals surface area contributed by atoms with E-state index >= 15 is 0 Å². The molecule has 3 nitrogen and oxygen atoms in total. The van der Waals surface area contributed by atoms with Crippen molar-refractivity contribution in [2.75, 3.05) is 5.32 Å². The Morgan fingerprint density at radius 2 is 1.76 bits per heavy atom. The molecule has 3 aromatic rings. The Kier molecular flexibility index (Phi) is 5.74. The van der Waals surface area contributed by atoms with Crippen LogP contribution >= 0.6 is 27.5 Å². The van der Waals surface area contributed by atoms with Crippen LogP contribution in [0.25, 0.3) is 0 Å². The van der Waals surface area contributed by atoms with Crippen LogP contribution in [0.2, 0.25) is 5.02 Å². The van der Waals surface area contributed by atoms with Gasteiger partial charge in [-0.25, -0.2) is 0 Å². The molecular formula is C20H15BrClNO2. The fourth-order valence-electron chi connectivity index (χ4n) is 2.26. The lowest BCUT2D eigenvalue weighted by molar-refractivity contribution is 0.102. The van der Waals surface area contributed by atoms with E-state index in [0.717, 1.165) is 15.7 Å². The van der Waals surface area contributed by atoms with E-state index in [4.69, 9.17) is 16.3 Å². The maximum atomic E-state index is 12.4. The van der Waals surface area contributed by atoms with Crippen molar-refractivity contribution in [2.24, 2.45) is 0 Å². The maximum Gasteiger partial charge on any atom is 0.255 e. The first-order chi connectivity index (χ1) is 12.1. The molecule has 3 rings (SSSR count). The lowest BCUT2D eigenvalue weighted by Gasteiger charge is -2.10. The first-order valence-electron chi connectivity index (χ1n) is 7.65. The third kappa shape index (κ3) is 4.62. The summed E-state index contributed by atoms with van der Waals surface area (Å²) in [5.74, 6) is 0.412. The fraction of sp³-hybridized carbons (Fsp3) is 0.0500. The van der Waals surface area contributed by atoms with E-state index in [1.165, 1.54) is 0 Å². The molecule has 0 spiro atoms. The summed E-state index contributed by atoms with van der Waals surface area (Å²) in [6, 6.07) is 22.0. The van der Waals surface area contributed by atoms with Gasteiger partial charge in [-0.3, -0.25) is 4.79 Å². The van der Waals surface area contributed by atoms with Crippen LogP contribution in [0.15, 0.2) is 77.3 Å². The molecule has 0 saturated heterocycles. The van der Waals surface area contributed by atoms with Crippen LogP contribution in [0.4, 0.5) is 5.69 Å². The monoisotopic (exact) mass is 415 g/mol. The van der Waals surface area contributed by atoms with E-state index in [0.29, 0.717) is 22.9 Å². The van der Waals surface area contributed by atoms with Crippen molar-refractivity contribution in [1.82, 2.24) is 0 Å². The second-order valence-corrected chi connectivity index (χ2v) is 6.60. The van der Waals surface area contributed by atoms with E-state index in [1.807, 2.05) is 54.6 Å². The van der Waals surface area contributed by atoms with Gasteiger partial charge in [0.1, 0.15) is 12.4 Å². The summed E-state index contributed by atoms with van der Waals surface area (Å²) < 4.78 is 6.59. The average molecular weight is 417 g/mol. The van der Waals surface area contributed by atoms with E-state index in [1.54, 1.807) is 18.2 Å². The molecule has 0 saturated carbocycles. The average Bonchev–Trinajstić information content (AvgIpc) is 2.63. The number of amides is 1. The van der Waals surface area contributed by atoms with Crippen molar-refractivity contribution in [1.29, 1.82) is 0 Å². The Morgan fingerprint density at radius 3 is 2.56 bits per heavy atom. The molecule has 1 amide bonds. The quantitative estimate of drug-likeness (QED) is 0.559. The zero-order valence-electron chi connectivity index (χ0n) is 13.2. The second-order valence-electron chi connectivity index (χ2n) is 5.34. The van der Waals surface area contributed by atoms with Crippen LogP contribution in [-0.2, 0) is 6.61 Å². The van der Waals surface area contributed by atoms with Crippen molar-refractivity contribution in [2.45, 2.75) is 6.61 Å². The Bertz CT molecular complexity index is 898. The summed E-state index contributed by atoms with van der Waals surface area (Å²) in [5, 5.41) is 3.53. The Morgan fingerprint density at radius 1 is 1.00 bits per heavy atom. The van der Waals surface area contributed by atoms with Crippen LogP contribution in [0.1, 0.15) is 15.9 Å². The molecule has 0 fully saturated rings. The molecule has 0 aliphatic heterocycles. The van der Waals surface area contributed by atoms with E-state index in [-0.39, 0.29) is 5.91 Å². The number of hydrogen-bond donors (Lipinski definition) is 1. The molecule has 5 heteroatoms. The first kappa shape index (κ1) is 17.5. The van der Waals surface area contributed by atoms with Gasteiger partial charge in [0, 0.05) is 20.6 Å². The molecule has 0 unspecified atom stereocenters. The summed E-state index contributed by atoms with van der Waals surface area (Å²) in [4.78, 5) is 12.4. The molecular weight excluding hydrogens is 402 g/mol. The number of para-hydroxylation sites is 1. The van der Waals surface area contributed by atoms with Crippen molar-refractivity contribution in [3.8, 4) is 5.75 Å². The zero-order valence-corrected chi connectivity index (χ0v) is 15.5. The summed E-state index contributed by atoms with van der Waals surface area (Å²) in [6.45, 7) is 0.342. The molecule has 1 N–H and O–H groups in total. The van der Waals surface area contributed by atoms with Crippen LogP contribution in [0, 0.1) is 0 Å². The highest BCUT2D eigenvalue weighted by atomic mass is 79.9. The number of rotatable bonds is 5. The van der Waals surface area contributed by atoms with E-state index in [9.17, 15) is 4.79 Å². The van der Waals surface area contributed by atoms with Crippen molar-refractivity contribution in [3.05, 3.63) is 93.4 Å². The Balaban J connectivity index is 1.70. The van der Waals surface area contributed by atoms with Gasteiger partial charge in [-0.05, 0) is 52.3 Å². The van der Waals surface area contributed by atoms with Crippen molar-refractivity contribution >= 4 is 39.1 Å². The lowest BCUT2D eigenvalue weighted by atomic mass is 10.2. The standard InChI is InChI=1S/C20H15BrClNO2/c21-17-9-2-4-11-19(17)23-20(24)14-7-5-8-16(12-14)25-13-15-6-1-3-10-18(15)22/h1-12H,13H2,(H,23,24). The minimum absolute atomic E-state index is 0.199.